The lowest BCUT2D eigenvalue weighted by molar-refractivity contribution is 0.326. The van der Waals surface area contributed by atoms with Crippen LogP contribution in [0.4, 0.5) is 5.69 Å². The van der Waals surface area contributed by atoms with Crippen molar-refractivity contribution < 1.29 is 4.74 Å². The SMILES string of the molecule is CN(C)/N=C(/c1ccccc1N(C)CCOc1ccccc1)n1ccnc1. The molecular weight excluding hydrogens is 338 g/mol. The number of aromatic nitrogens is 2. The molecule has 0 saturated heterocycles. The van der Waals surface area contributed by atoms with Crippen molar-refractivity contribution in [1.82, 2.24) is 14.6 Å². The molecule has 2 aromatic carbocycles. The van der Waals surface area contributed by atoms with Crippen molar-refractivity contribution in [2.45, 2.75) is 0 Å². The summed E-state index contributed by atoms with van der Waals surface area (Å²) in [6.45, 7) is 1.35. The van der Waals surface area contributed by atoms with Gasteiger partial charge in [-0.15, -0.1) is 0 Å². The number of benzene rings is 2. The van der Waals surface area contributed by atoms with Crippen molar-refractivity contribution in [3.8, 4) is 5.75 Å². The highest BCUT2D eigenvalue weighted by molar-refractivity contribution is 6.04. The summed E-state index contributed by atoms with van der Waals surface area (Å²) < 4.78 is 7.76. The first-order chi connectivity index (χ1) is 13.1. The molecule has 0 amide bonds. The second-order valence-corrected chi connectivity index (χ2v) is 6.34. The molecule has 0 aliphatic rings. The van der Waals surface area contributed by atoms with Crippen LogP contribution in [0.3, 0.4) is 0 Å². The van der Waals surface area contributed by atoms with Crippen LogP contribution < -0.4 is 9.64 Å². The van der Waals surface area contributed by atoms with Gasteiger partial charge in [-0.2, -0.15) is 5.10 Å². The van der Waals surface area contributed by atoms with Crippen LogP contribution in [0, 0.1) is 0 Å². The predicted molar refractivity (Wildman–Crippen MR) is 109 cm³/mol. The molecule has 0 unspecified atom stereocenters. The highest BCUT2D eigenvalue weighted by Crippen LogP contribution is 2.21. The molecule has 0 radical (unpaired) electrons. The second kappa shape index (κ2) is 8.89. The van der Waals surface area contributed by atoms with Crippen LogP contribution in [0.25, 0.3) is 0 Å². The van der Waals surface area contributed by atoms with E-state index < -0.39 is 0 Å². The van der Waals surface area contributed by atoms with Gasteiger partial charge >= 0.3 is 0 Å². The van der Waals surface area contributed by atoms with Gasteiger partial charge in [0.1, 0.15) is 18.7 Å². The molecule has 0 N–H and O–H groups in total. The normalized spacial score (nSPS) is 11.3. The topological polar surface area (TPSA) is 45.9 Å². The van der Waals surface area contributed by atoms with Crippen LogP contribution in [0.5, 0.6) is 5.75 Å². The van der Waals surface area contributed by atoms with Crippen LogP contribution in [0.1, 0.15) is 5.56 Å². The van der Waals surface area contributed by atoms with E-state index in [-0.39, 0.29) is 0 Å². The summed E-state index contributed by atoms with van der Waals surface area (Å²) in [6, 6.07) is 18.1. The Morgan fingerprint density at radius 2 is 1.78 bits per heavy atom. The summed E-state index contributed by atoms with van der Waals surface area (Å²) >= 11 is 0. The molecule has 0 fully saturated rings. The minimum absolute atomic E-state index is 0.597. The van der Waals surface area contributed by atoms with E-state index >= 15 is 0 Å². The molecule has 3 rings (SSSR count). The number of para-hydroxylation sites is 2. The number of imidazole rings is 1. The number of rotatable bonds is 7. The summed E-state index contributed by atoms with van der Waals surface area (Å²) in [5.41, 5.74) is 2.12. The zero-order valence-electron chi connectivity index (χ0n) is 16.0. The van der Waals surface area contributed by atoms with Gasteiger partial charge in [0, 0.05) is 44.8 Å². The Kier molecular flexibility index (Phi) is 6.10. The smallest absolute Gasteiger partial charge is 0.167 e. The van der Waals surface area contributed by atoms with Gasteiger partial charge in [-0.25, -0.2) is 4.98 Å². The summed E-state index contributed by atoms with van der Waals surface area (Å²) in [5.74, 6) is 1.70. The lowest BCUT2D eigenvalue weighted by Crippen LogP contribution is -2.27. The van der Waals surface area contributed by atoms with E-state index in [1.165, 1.54) is 0 Å². The van der Waals surface area contributed by atoms with Crippen molar-refractivity contribution in [3.05, 3.63) is 78.9 Å². The molecule has 0 atom stereocenters. The average molecular weight is 363 g/mol. The summed E-state index contributed by atoms with van der Waals surface area (Å²) in [6.07, 6.45) is 5.42. The first-order valence-corrected chi connectivity index (χ1v) is 8.88. The van der Waals surface area contributed by atoms with Crippen LogP contribution in [-0.4, -0.2) is 54.7 Å². The monoisotopic (exact) mass is 363 g/mol. The Balaban J connectivity index is 1.80. The number of hydrogen-bond donors (Lipinski definition) is 0. The fourth-order valence-corrected chi connectivity index (χ4v) is 2.75. The number of likely N-dealkylation sites (N-methyl/N-ethyl adjacent to an activating group) is 1. The van der Waals surface area contributed by atoms with E-state index in [0.29, 0.717) is 6.61 Å². The molecule has 6 heteroatoms. The molecule has 0 bridgehead atoms. The Hall–Kier alpha value is -3.28. The maximum Gasteiger partial charge on any atom is 0.167 e. The molecular formula is C21H25N5O. The lowest BCUT2D eigenvalue weighted by atomic mass is 10.1. The molecule has 140 valence electrons. The molecule has 1 heterocycles. The number of anilines is 1. The first-order valence-electron chi connectivity index (χ1n) is 8.88. The summed E-state index contributed by atoms with van der Waals surface area (Å²) in [5, 5.41) is 6.47. The van der Waals surface area contributed by atoms with Crippen molar-refractivity contribution in [1.29, 1.82) is 0 Å². The van der Waals surface area contributed by atoms with Gasteiger partial charge in [0.05, 0.1) is 6.54 Å². The molecule has 1 aromatic heterocycles. The Bertz CT molecular complexity index is 859. The number of nitrogens with zero attached hydrogens (tertiary/aromatic N) is 5. The number of hydrazone groups is 1. The van der Waals surface area contributed by atoms with Gasteiger partial charge < -0.3 is 14.6 Å². The fraction of sp³-hybridized carbons (Fsp3) is 0.238. The molecule has 0 aliphatic carbocycles. The van der Waals surface area contributed by atoms with Crippen LogP contribution in [-0.2, 0) is 0 Å². The predicted octanol–water partition coefficient (Wildman–Crippen LogP) is 3.17. The van der Waals surface area contributed by atoms with Crippen molar-refractivity contribution in [2.75, 3.05) is 39.2 Å². The van der Waals surface area contributed by atoms with Gasteiger partial charge in [0.15, 0.2) is 5.84 Å². The number of hydrogen-bond acceptors (Lipinski definition) is 5. The van der Waals surface area contributed by atoms with Crippen molar-refractivity contribution in [3.63, 3.8) is 0 Å². The van der Waals surface area contributed by atoms with Gasteiger partial charge in [-0.1, -0.05) is 30.3 Å². The van der Waals surface area contributed by atoms with E-state index in [1.807, 2.05) is 67.3 Å². The zero-order valence-corrected chi connectivity index (χ0v) is 16.0. The maximum atomic E-state index is 5.84. The van der Waals surface area contributed by atoms with E-state index in [9.17, 15) is 0 Å². The third-order valence-electron chi connectivity index (χ3n) is 4.04. The Morgan fingerprint density at radius 1 is 1.04 bits per heavy atom. The van der Waals surface area contributed by atoms with E-state index in [1.54, 1.807) is 17.5 Å². The van der Waals surface area contributed by atoms with E-state index in [0.717, 1.165) is 29.4 Å². The quantitative estimate of drug-likeness (QED) is 0.367. The molecule has 0 aliphatic heterocycles. The third-order valence-corrected chi connectivity index (χ3v) is 4.04. The lowest BCUT2D eigenvalue weighted by Gasteiger charge is -2.24. The fourth-order valence-electron chi connectivity index (χ4n) is 2.75. The molecule has 0 saturated carbocycles. The Morgan fingerprint density at radius 3 is 2.48 bits per heavy atom. The Labute approximate surface area is 160 Å². The maximum absolute atomic E-state index is 5.84. The van der Waals surface area contributed by atoms with Gasteiger partial charge in [-0.3, -0.25) is 4.57 Å². The van der Waals surface area contributed by atoms with Gasteiger partial charge in [0.25, 0.3) is 0 Å². The molecule has 0 spiro atoms. The third kappa shape index (κ3) is 4.88. The van der Waals surface area contributed by atoms with E-state index in [2.05, 4.69) is 34.2 Å². The van der Waals surface area contributed by atoms with Crippen LogP contribution in [0.15, 0.2) is 78.4 Å². The van der Waals surface area contributed by atoms with Gasteiger partial charge in [0.2, 0.25) is 0 Å². The number of ether oxygens (including phenoxy) is 1. The second-order valence-electron chi connectivity index (χ2n) is 6.34. The van der Waals surface area contributed by atoms with Gasteiger partial charge in [-0.05, 0) is 24.3 Å². The van der Waals surface area contributed by atoms with Crippen LogP contribution in [0.2, 0.25) is 0 Å². The largest absolute Gasteiger partial charge is 0.492 e. The molecule has 6 nitrogen and oxygen atoms in total. The van der Waals surface area contributed by atoms with E-state index in [4.69, 9.17) is 4.74 Å². The first kappa shape index (κ1) is 18.5. The van der Waals surface area contributed by atoms with Crippen molar-refractivity contribution in [2.24, 2.45) is 5.10 Å². The minimum Gasteiger partial charge on any atom is -0.492 e. The summed E-state index contributed by atoms with van der Waals surface area (Å²) in [7, 11) is 5.89. The highest BCUT2D eigenvalue weighted by Gasteiger charge is 2.14. The molecule has 3 aromatic rings. The van der Waals surface area contributed by atoms with Crippen LogP contribution >= 0.6 is 0 Å². The van der Waals surface area contributed by atoms with Crippen molar-refractivity contribution >= 4 is 11.5 Å². The zero-order chi connectivity index (χ0) is 19.1. The average Bonchev–Trinajstić information content (AvgIpc) is 3.21. The minimum atomic E-state index is 0.597. The molecule has 27 heavy (non-hydrogen) atoms. The highest BCUT2D eigenvalue weighted by atomic mass is 16.5. The summed E-state index contributed by atoms with van der Waals surface area (Å²) in [4.78, 5) is 6.34. The standard InChI is InChI=1S/C21H25N5O/c1-24(2)23-21(26-14-13-22-17-26)19-11-7-8-12-20(19)25(3)15-16-27-18-9-5-4-6-10-18/h4-14,17H,15-16H2,1-3H3/b23-21-.